The monoisotopic (exact) mass is 286 g/mol. The number of anilines is 1. The molecule has 0 radical (unpaired) electrons. The van der Waals surface area contributed by atoms with Crippen LogP contribution in [-0.4, -0.2) is 30.1 Å². The number of rotatable bonds is 7. The Morgan fingerprint density at radius 1 is 1.15 bits per heavy atom. The van der Waals surface area contributed by atoms with Crippen LogP contribution >= 0.6 is 0 Å². The van der Waals surface area contributed by atoms with Crippen LogP contribution < -0.4 is 10.5 Å². The lowest BCUT2D eigenvalue weighted by molar-refractivity contribution is 0.129. The van der Waals surface area contributed by atoms with Gasteiger partial charge in [-0.2, -0.15) is 0 Å². The van der Waals surface area contributed by atoms with Crippen molar-refractivity contribution < 1.29 is 13.5 Å². The third-order valence-electron chi connectivity index (χ3n) is 3.20. The summed E-state index contributed by atoms with van der Waals surface area (Å²) in [5.41, 5.74) is 5.70. The standard InChI is InChI=1S/C15H24F2N2O/c1-10(2)19(11(3)4)7-8-20-14-6-5-12(18)9-13(14)15(16)17/h5-6,9-11,15H,7-8,18H2,1-4H3. The van der Waals surface area contributed by atoms with Crippen molar-refractivity contribution in [2.45, 2.75) is 46.2 Å². The van der Waals surface area contributed by atoms with Crippen molar-refractivity contribution in [1.29, 1.82) is 0 Å². The highest BCUT2D eigenvalue weighted by molar-refractivity contribution is 5.48. The highest BCUT2D eigenvalue weighted by Gasteiger charge is 2.16. The van der Waals surface area contributed by atoms with E-state index in [1.165, 1.54) is 12.1 Å². The van der Waals surface area contributed by atoms with Gasteiger partial charge in [0.2, 0.25) is 0 Å². The second-order valence-electron chi connectivity index (χ2n) is 5.37. The van der Waals surface area contributed by atoms with Gasteiger partial charge in [0.1, 0.15) is 12.4 Å². The van der Waals surface area contributed by atoms with E-state index in [4.69, 9.17) is 10.5 Å². The first-order chi connectivity index (χ1) is 9.32. The average molecular weight is 286 g/mol. The number of halogens is 2. The largest absolute Gasteiger partial charge is 0.492 e. The Labute approximate surface area is 119 Å². The molecule has 114 valence electrons. The Kier molecular flexibility index (Phi) is 6.20. The van der Waals surface area contributed by atoms with Gasteiger partial charge in [0.25, 0.3) is 6.43 Å². The Morgan fingerprint density at radius 3 is 2.25 bits per heavy atom. The minimum Gasteiger partial charge on any atom is -0.492 e. The first-order valence-corrected chi connectivity index (χ1v) is 6.89. The second-order valence-corrected chi connectivity index (χ2v) is 5.37. The fraction of sp³-hybridized carbons (Fsp3) is 0.600. The van der Waals surface area contributed by atoms with Crippen molar-refractivity contribution in [3.05, 3.63) is 23.8 Å². The lowest BCUT2D eigenvalue weighted by atomic mass is 10.2. The highest BCUT2D eigenvalue weighted by Crippen LogP contribution is 2.30. The number of benzene rings is 1. The Hall–Kier alpha value is -1.36. The normalized spacial score (nSPS) is 11.9. The molecule has 0 aliphatic carbocycles. The molecule has 0 amide bonds. The van der Waals surface area contributed by atoms with E-state index in [2.05, 4.69) is 32.6 Å². The first-order valence-electron chi connectivity index (χ1n) is 6.89. The van der Waals surface area contributed by atoms with Crippen molar-refractivity contribution >= 4 is 5.69 Å². The summed E-state index contributed by atoms with van der Waals surface area (Å²) in [6.45, 7) is 9.49. The molecule has 0 heterocycles. The lowest BCUT2D eigenvalue weighted by Gasteiger charge is -2.30. The van der Waals surface area contributed by atoms with Gasteiger partial charge in [-0.05, 0) is 45.9 Å². The molecule has 0 saturated heterocycles. The molecule has 0 aliphatic heterocycles. The zero-order valence-corrected chi connectivity index (χ0v) is 12.6. The maximum absolute atomic E-state index is 12.9. The zero-order valence-electron chi connectivity index (χ0n) is 12.6. The van der Waals surface area contributed by atoms with E-state index < -0.39 is 6.43 Å². The van der Waals surface area contributed by atoms with Crippen LogP contribution in [0, 0.1) is 0 Å². The molecule has 0 aliphatic rings. The van der Waals surface area contributed by atoms with Crippen molar-refractivity contribution in [3.63, 3.8) is 0 Å². The summed E-state index contributed by atoms with van der Waals surface area (Å²) in [6.07, 6.45) is -2.58. The highest BCUT2D eigenvalue weighted by atomic mass is 19.3. The van der Waals surface area contributed by atoms with Crippen LogP contribution in [-0.2, 0) is 0 Å². The topological polar surface area (TPSA) is 38.5 Å². The number of ether oxygens (including phenoxy) is 1. The molecule has 0 aromatic heterocycles. The van der Waals surface area contributed by atoms with E-state index in [0.29, 0.717) is 30.9 Å². The number of nitrogen functional groups attached to an aromatic ring is 1. The smallest absolute Gasteiger partial charge is 0.267 e. The maximum Gasteiger partial charge on any atom is 0.267 e. The first kappa shape index (κ1) is 16.7. The van der Waals surface area contributed by atoms with Gasteiger partial charge >= 0.3 is 0 Å². The molecule has 0 unspecified atom stereocenters. The van der Waals surface area contributed by atoms with Gasteiger partial charge in [-0.3, -0.25) is 4.90 Å². The third kappa shape index (κ3) is 4.63. The molecule has 5 heteroatoms. The molecule has 0 fully saturated rings. The van der Waals surface area contributed by atoms with E-state index in [0.717, 1.165) is 0 Å². The minimum absolute atomic E-state index is 0.148. The van der Waals surface area contributed by atoms with Gasteiger partial charge in [0.05, 0.1) is 5.56 Å². The van der Waals surface area contributed by atoms with Crippen LogP contribution in [0.15, 0.2) is 18.2 Å². The van der Waals surface area contributed by atoms with Gasteiger partial charge in [0.15, 0.2) is 0 Å². The summed E-state index contributed by atoms with van der Waals surface area (Å²) in [7, 11) is 0. The molecule has 0 spiro atoms. The average Bonchev–Trinajstić information content (AvgIpc) is 2.34. The van der Waals surface area contributed by atoms with E-state index in [-0.39, 0.29) is 11.3 Å². The molecular formula is C15H24F2N2O. The molecule has 1 aromatic carbocycles. The Bertz CT molecular complexity index is 414. The van der Waals surface area contributed by atoms with Gasteiger partial charge in [-0.25, -0.2) is 8.78 Å². The van der Waals surface area contributed by atoms with Crippen LogP contribution in [0.4, 0.5) is 14.5 Å². The van der Waals surface area contributed by atoms with Crippen LogP contribution in [0.2, 0.25) is 0 Å². The second kappa shape index (κ2) is 7.43. The lowest BCUT2D eigenvalue weighted by Crippen LogP contribution is -2.39. The number of hydrogen-bond donors (Lipinski definition) is 1. The summed E-state index contributed by atoms with van der Waals surface area (Å²) in [5.74, 6) is 0.210. The Balaban J connectivity index is 2.66. The molecule has 3 nitrogen and oxygen atoms in total. The van der Waals surface area contributed by atoms with Crippen molar-refractivity contribution in [2.75, 3.05) is 18.9 Å². The van der Waals surface area contributed by atoms with Crippen LogP contribution in [0.5, 0.6) is 5.75 Å². The molecule has 1 aromatic rings. The van der Waals surface area contributed by atoms with E-state index in [1.54, 1.807) is 6.07 Å². The number of nitrogens with two attached hydrogens (primary N) is 1. The van der Waals surface area contributed by atoms with Crippen LogP contribution in [0.3, 0.4) is 0 Å². The molecule has 2 N–H and O–H groups in total. The summed E-state index contributed by atoms with van der Waals surface area (Å²) >= 11 is 0. The maximum atomic E-state index is 12.9. The molecule has 20 heavy (non-hydrogen) atoms. The van der Waals surface area contributed by atoms with E-state index >= 15 is 0 Å². The molecule has 1 rings (SSSR count). The fourth-order valence-electron chi connectivity index (χ4n) is 2.24. The summed E-state index contributed by atoms with van der Waals surface area (Å²) in [6, 6.07) is 5.12. The van der Waals surface area contributed by atoms with Crippen molar-refractivity contribution in [1.82, 2.24) is 4.90 Å². The fourth-order valence-corrected chi connectivity index (χ4v) is 2.24. The van der Waals surface area contributed by atoms with E-state index in [9.17, 15) is 8.78 Å². The van der Waals surface area contributed by atoms with Crippen molar-refractivity contribution in [3.8, 4) is 5.75 Å². The van der Waals surface area contributed by atoms with Gasteiger partial charge in [-0.1, -0.05) is 0 Å². The van der Waals surface area contributed by atoms with E-state index in [1.807, 2.05) is 0 Å². The van der Waals surface area contributed by atoms with Gasteiger partial charge in [-0.15, -0.1) is 0 Å². The quantitative estimate of drug-likeness (QED) is 0.777. The number of nitrogens with zero attached hydrogens (tertiary/aromatic N) is 1. The Morgan fingerprint density at radius 2 is 1.75 bits per heavy atom. The third-order valence-corrected chi connectivity index (χ3v) is 3.20. The van der Waals surface area contributed by atoms with Crippen LogP contribution in [0.25, 0.3) is 0 Å². The van der Waals surface area contributed by atoms with Crippen molar-refractivity contribution in [2.24, 2.45) is 0 Å². The predicted octanol–water partition coefficient (Wildman–Crippen LogP) is 3.70. The molecule has 0 bridgehead atoms. The minimum atomic E-state index is -2.58. The zero-order chi connectivity index (χ0) is 15.3. The summed E-state index contributed by atoms with van der Waals surface area (Å²) < 4.78 is 31.3. The SMILES string of the molecule is CC(C)N(CCOc1ccc(N)cc1C(F)F)C(C)C. The van der Waals surface area contributed by atoms with Crippen LogP contribution in [0.1, 0.15) is 39.7 Å². The molecule has 0 saturated carbocycles. The molecule has 0 atom stereocenters. The predicted molar refractivity (Wildman–Crippen MR) is 78.3 cm³/mol. The summed E-state index contributed by atoms with van der Waals surface area (Å²) in [4.78, 5) is 2.25. The number of hydrogen-bond acceptors (Lipinski definition) is 3. The molecular weight excluding hydrogens is 262 g/mol. The number of alkyl halides is 2. The summed E-state index contributed by atoms with van der Waals surface area (Å²) in [5, 5.41) is 0. The van der Waals surface area contributed by atoms with Gasteiger partial charge < -0.3 is 10.5 Å². The van der Waals surface area contributed by atoms with Gasteiger partial charge in [0, 0.05) is 24.3 Å².